The highest BCUT2D eigenvalue weighted by atomic mass is 35.5. The van der Waals surface area contributed by atoms with Crippen LogP contribution in [0.1, 0.15) is 21.5 Å². The van der Waals surface area contributed by atoms with Crippen LogP contribution in [-0.4, -0.2) is 46.2 Å². The lowest BCUT2D eigenvalue weighted by Crippen LogP contribution is -2.23. The Bertz CT molecular complexity index is 2000. The Labute approximate surface area is 286 Å². The van der Waals surface area contributed by atoms with E-state index < -0.39 is 29.2 Å². The lowest BCUT2D eigenvalue weighted by atomic mass is 10.1. The van der Waals surface area contributed by atoms with E-state index in [2.05, 4.69) is 16.0 Å². The molecular weight excluding hydrogens is 688 g/mol. The zero-order valence-corrected chi connectivity index (χ0v) is 26.9. The van der Waals surface area contributed by atoms with E-state index in [4.69, 9.17) is 21.4 Å². The van der Waals surface area contributed by atoms with Gasteiger partial charge in [0.05, 0.1) is 24.4 Å². The summed E-state index contributed by atoms with van der Waals surface area (Å²) in [5, 5.41) is 17.7. The third-order valence-corrected chi connectivity index (χ3v) is 8.04. The summed E-state index contributed by atoms with van der Waals surface area (Å²) >= 11 is 6.02. The van der Waals surface area contributed by atoms with Crippen LogP contribution in [-0.2, 0) is 17.8 Å². The number of hydrogen-bond acceptors (Lipinski definition) is 6. The molecule has 0 saturated heterocycles. The van der Waals surface area contributed by atoms with Gasteiger partial charge < -0.3 is 25.8 Å². The lowest BCUT2D eigenvalue weighted by molar-refractivity contribution is -0.136. The van der Waals surface area contributed by atoms with E-state index in [1.54, 1.807) is 54.6 Å². The molecule has 5 aromatic rings. The van der Waals surface area contributed by atoms with Crippen molar-refractivity contribution in [1.29, 1.82) is 0 Å². The molecule has 2 amide bonds. The Morgan fingerprint density at radius 2 is 1.69 bits per heavy atom. The number of carbonyl (C=O) groups excluding carboxylic acids is 2. The minimum absolute atomic E-state index is 0.0589. The molecule has 0 bridgehead atoms. The number of carboxylic acid groups (broad SMARTS) is 1. The first kappa shape index (κ1) is 35.3. The van der Waals surface area contributed by atoms with E-state index in [1.807, 2.05) is 0 Å². The third-order valence-electron chi connectivity index (χ3n) is 7.07. The summed E-state index contributed by atoms with van der Waals surface area (Å²) in [5.41, 5.74) is -1.97. The predicted molar refractivity (Wildman–Crippen MR) is 179 cm³/mol. The molecule has 254 valence electrons. The topological polar surface area (TPSA) is 122 Å². The highest BCUT2D eigenvalue weighted by molar-refractivity contribution is 8.00. The molecule has 0 radical (unpaired) electrons. The Balaban J connectivity index is 1.24. The van der Waals surface area contributed by atoms with Crippen LogP contribution in [0.2, 0.25) is 5.02 Å². The molecule has 4 N–H and O–H groups in total. The Hall–Kier alpha value is -5.05. The average Bonchev–Trinajstić information content (AvgIpc) is 3.38. The summed E-state index contributed by atoms with van der Waals surface area (Å²) in [7, 11) is 0. The van der Waals surface area contributed by atoms with Crippen LogP contribution in [0.5, 0.6) is 5.75 Å². The molecule has 1 aromatic heterocycles. The smallest absolute Gasteiger partial charge is 0.446 e. The van der Waals surface area contributed by atoms with Crippen molar-refractivity contribution in [2.24, 2.45) is 0 Å². The average molecular weight is 715 g/mol. The molecule has 0 aliphatic rings. The number of ether oxygens (including phenoxy) is 1. The third kappa shape index (κ3) is 9.53. The fourth-order valence-electron chi connectivity index (χ4n) is 4.90. The Morgan fingerprint density at radius 1 is 0.939 bits per heavy atom. The molecular formula is C34H27ClF4N4O5S. The van der Waals surface area contributed by atoms with Crippen molar-refractivity contribution in [3.05, 3.63) is 119 Å². The lowest BCUT2D eigenvalue weighted by Gasteiger charge is -2.11. The quantitative estimate of drug-likeness (QED) is 0.0760. The Morgan fingerprint density at radius 3 is 2.41 bits per heavy atom. The molecule has 0 aliphatic carbocycles. The monoisotopic (exact) mass is 714 g/mol. The minimum atomic E-state index is -4.38. The number of nitrogens with one attached hydrogen (secondary N) is 3. The van der Waals surface area contributed by atoms with Crippen molar-refractivity contribution in [2.45, 2.75) is 23.4 Å². The van der Waals surface area contributed by atoms with Gasteiger partial charge in [0.25, 0.3) is 5.91 Å². The standard InChI is InChI=1S/C34H27ClF4N4O5S/c35-22-7-11-29-26(15-22)28(19-43(29)32(46)25-4-2-1-3-21(25)17-40-18-31(44)45)42-33(47)41-23-8-12-30(27(36)16-23)48-14-13-20-5-9-24(10-6-20)49-34(37,38)39/h1-12,15-16,19,40H,13-14,17-18H2,(H,44,45)(H2,41,42,47). The van der Waals surface area contributed by atoms with E-state index in [1.165, 1.54) is 35.0 Å². The minimum Gasteiger partial charge on any atom is -0.490 e. The summed E-state index contributed by atoms with van der Waals surface area (Å²) in [5.74, 6) is -2.29. The van der Waals surface area contributed by atoms with Gasteiger partial charge in [-0.15, -0.1) is 0 Å². The molecule has 15 heteroatoms. The van der Waals surface area contributed by atoms with Gasteiger partial charge in [-0.1, -0.05) is 41.9 Å². The zero-order valence-electron chi connectivity index (χ0n) is 25.3. The van der Waals surface area contributed by atoms with Crippen molar-refractivity contribution >= 4 is 63.5 Å². The number of carbonyl (C=O) groups is 3. The maximum Gasteiger partial charge on any atom is 0.446 e. The van der Waals surface area contributed by atoms with Crippen LogP contribution in [0, 0.1) is 5.82 Å². The maximum absolute atomic E-state index is 14.8. The van der Waals surface area contributed by atoms with Gasteiger partial charge in [0.1, 0.15) is 0 Å². The summed E-state index contributed by atoms with van der Waals surface area (Å²) in [6, 6.07) is 20.4. The molecule has 1 heterocycles. The fourth-order valence-corrected chi connectivity index (χ4v) is 5.62. The molecule has 4 aromatic carbocycles. The summed E-state index contributed by atoms with van der Waals surface area (Å²) in [6.07, 6.45) is 1.76. The number of aromatic nitrogens is 1. The van der Waals surface area contributed by atoms with Gasteiger partial charge in [0, 0.05) is 51.8 Å². The van der Waals surface area contributed by atoms with Gasteiger partial charge in [0.15, 0.2) is 11.6 Å². The van der Waals surface area contributed by atoms with Gasteiger partial charge in [-0.3, -0.25) is 14.2 Å². The number of halogens is 5. The van der Waals surface area contributed by atoms with Crippen LogP contribution in [0.15, 0.2) is 96.0 Å². The van der Waals surface area contributed by atoms with Crippen molar-refractivity contribution in [3.63, 3.8) is 0 Å². The van der Waals surface area contributed by atoms with Gasteiger partial charge in [-0.05, 0) is 71.4 Å². The van der Waals surface area contributed by atoms with Gasteiger partial charge in [-0.25, -0.2) is 9.18 Å². The molecule has 49 heavy (non-hydrogen) atoms. The summed E-state index contributed by atoms with van der Waals surface area (Å²) < 4.78 is 59.2. The maximum atomic E-state index is 14.8. The molecule has 0 unspecified atom stereocenters. The van der Waals surface area contributed by atoms with Gasteiger partial charge in [-0.2, -0.15) is 13.2 Å². The number of nitrogens with zero attached hydrogens (tertiary/aromatic N) is 1. The summed E-state index contributed by atoms with van der Waals surface area (Å²) in [4.78, 5) is 37.7. The van der Waals surface area contributed by atoms with Gasteiger partial charge >= 0.3 is 17.5 Å². The number of alkyl halides is 3. The number of rotatable bonds is 12. The van der Waals surface area contributed by atoms with Gasteiger partial charge in [0.2, 0.25) is 0 Å². The number of amides is 2. The second-order valence-electron chi connectivity index (χ2n) is 10.5. The highest BCUT2D eigenvalue weighted by Crippen LogP contribution is 2.37. The van der Waals surface area contributed by atoms with Crippen LogP contribution in [0.3, 0.4) is 0 Å². The number of anilines is 2. The number of benzene rings is 4. The van der Waals surface area contributed by atoms with E-state index in [9.17, 15) is 31.9 Å². The largest absolute Gasteiger partial charge is 0.490 e. The number of urea groups is 1. The van der Waals surface area contributed by atoms with Crippen molar-refractivity contribution < 1.29 is 41.8 Å². The summed E-state index contributed by atoms with van der Waals surface area (Å²) in [6.45, 7) is -0.0941. The SMILES string of the molecule is O=C(O)CNCc1ccccc1C(=O)n1cc(NC(=O)Nc2ccc(OCCc3ccc(SC(F)(F)F)cc3)c(F)c2)c2cc(Cl)ccc21. The zero-order chi connectivity index (χ0) is 35.1. The Kier molecular flexibility index (Phi) is 11.1. The fraction of sp³-hybridized carbons (Fsp3) is 0.147. The highest BCUT2D eigenvalue weighted by Gasteiger charge is 2.29. The first-order chi connectivity index (χ1) is 23.4. The number of hydrogen-bond donors (Lipinski definition) is 4. The number of fused-ring (bicyclic) bond motifs is 1. The molecule has 0 atom stereocenters. The van der Waals surface area contributed by atoms with E-state index in [0.29, 0.717) is 39.0 Å². The number of carboxylic acids is 1. The van der Waals surface area contributed by atoms with Crippen molar-refractivity contribution in [1.82, 2.24) is 9.88 Å². The first-order valence-corrected chi connectivity index (χ1v) is 15.8. The normalized spacial score (nSPS) is 11.4. The molecule has 0 aliphatic heterocycles. The molecule has 0 saturated carbocycles. The molecule has 0 fully saturated rings. The van der Waals surface area contributed by atoms with Crippen LogP contribution < -0.4 is 20.7 Å². The van der Waals surface area contributed by atoms with Crippen molar-refractivity contribution in [2.75, 3.05) is 23.8 Å². The molecule has 5 rings (SSSR count). The predicted octanol–water partition coefficient (Wildman–Crippen LogP) is 8.17. The van der Waals surface area contributed by atoms with E-state index in [-0.39, 0.29) is 53.5 Å². The first-order valence-electron chi connectivity index (χ1n) is 14.6. The van der Waals surface area contributed by atoms with Crippen molar-refractivity contribution in [3.8, 4) is 5.75 Å². The molecule has 9 nitrogen and oxygen atoms in total. The number of thioether (sulfide) groups is 1. The van der Waals surface area contributed by atoms with Crippen LogP contribution in [0.25, 0.3) is 10.9 Å². The van der Waals surface area contributed by atoms with E-state index >= 15 is 0 Å². The number of aliphatic carboxylic acids is 1. The van der Waals surface area contributed by atoms with Crippen LogP contribution >= 0.6 is 23.4 Å². The second kappa shape index (κ2) is 15.4. The van der Waals surface area contributed by atoms with E-state index in [0.717, 1.165) is 6.07 Å². The molecule has 0 spiro atoms. The van der Waals surface area contributed by atoms with Crippen LogP contribution in [0.4, 0.5) is 33.7 Å². The second-order valence-corrected chi connectivity index (χ2v) is 12.1.